The topological polar surface area (TPSA) is 71.2 Å². The highest BCUT2D eigenvalue weighted by molar-refractivity contribution is 6.31. The first-order valence-electron chi connectivity index (χ1n) is 7.99. The first-order chi connectivity index (χ1) is 13.3. The first kappa shape index (κ1) is 19.5. The van der Waals surface area contributed by atoms with Crippen molar-refractivity contribution in [3.05, 3.63) is 77.6 Å². The average Bonchev–Trinajstić information content (AvgIpc) is 2.66. The molecule has 0 fully saturated rings. The van der Waals surface area contributed by atoms with Gasteiger partial charge in [0, 0.05) is 18.0 Å². The SMILES string of the molecule is NC(=O)N(Nc1cccc(-c2cccnc2)c1)c1ccc(Cl)c(C(F)(F)F)c1. The molecule has 3 rings (SSSR count). The van der Waals surface area contributed by atoms with E-state index in [1.807, 2.05) is 12.1 Å². The number of nitrogens with two attached hydrogens (primary N) is 1. The van der Waals surface area contributed by atoms with E-state index in [4.69, 9.17) is 17.3 Å². The molecule has 3 N–H and O–H groups in total. The van der Waals surface area contributed by atoms with Crippen LogP contribution in [0.3, 0.4) is 0 Å². The van der Waals surface area contributed by atoms with Gasteiger partial charge in [-0.25, -0.2) is 9.80 Å². The number of hydrogen-bond acceptors (Lipinski definition) is 3. The van der Waals surface area contributed by atoms with Crippen LogP contribution >= 0.6 is 11.6 Å². The third-order valence-electron chi connectivity index (χ3n) is 3.83. The van der Waals surface area contributed by atoms with Crippen molar-refractivity contribution in [3.8, 4) is 11.1 Å². The number of nitrogens with one attached hydrogen (secondary N) is 1. The smallest absolute Gasteiger partial charge is 0.350 e. The lowest BCUT2D eigenvalue weighted by molar-refractivity contribution is -0.137. The zero-order valence-electron chi connectivity index (χ0n) is 14.2. The van der Waals surface area contributed by atoms with Gasteiger partial charge in [-0.1, -0.05) is 29.8 Å². The van der Waals surface area contributed by atoms with Crippen LogP contribution in [0.15, 0.2) is 67.0 Å². The number of anilines is 2. The Kier molecular flexibility index (Phi) is 5.41. The Balaban J connectivity index is 1.94. The third kappa shape index (κ3) is 4.34. The number of pyridine rings is 1. The summed E-state index contributed by atoms with van der Waals surface area (Å²) in [5, 5.41) is 0.340. The molecular formula is C19H14ClF3N4O. The third-order valence-corrected chi connectivity index (χ3v) is 4.16. The van der Waals surface area contributed by atoms with Crippen LogP contribution < -0.4 is 16.2 Å². The molecule has 0 saturated carbocycles. The molecule has 5 nitrogen and oxygen atoms in total. The second kappa shape index (κ2) is 7.77. The highest BCUT2D eigenvalue weighted by Gasteiger charge is 2.34. The number of benzene rings is 2. The van der Waals surface area contributed by atoms with E-state index in [1.165, 1.54) is 6.07 Å². The van der Waals surface area contributed by atoms with Crippen LogP contribution in [0.2, 0.25) is 5.02 Å². The summed E-state index contributed by atoms with van der Waals surface area (Å²) in [6, 6.07) is 12.7. The van der Waals surface area contributed by atoms with Gasteiger partial charge in [-0.2, -0.15) is 13.2 Å². The van der Waals surface area contributed by atoms with Gasteiger partial charge in [0.25, 0.3) is 0 Å². The fourth-order valence-electron chi connectivity index (χ4n) is 2.55. The lowest BCUT2D eigenvalue weighted by Crippen LogP contribution is -2.40. The largest absolute Gasteiger partial charge is 0.417 e. The van der Waals surface area contributed by atoms with Gasteiger partial charge in [0.1, 0.15) is 0 Å². The number of nitrogens with zero attached hydrogens (tertiary/aromatic N) is 2. The molecule has 28 heavy (non-hydrogen) atoms. The summed E-state index contributed by atoms with van der Waals surface area (Å²) in [5.41, 5.74) is 9.01. The molecule has 144 valence electrons. The molecule has 9 heteroatoms. The number of aromatic nitrogens is 1. The molecule has 1 aromatic heterocycles. The minimum Gasteiger partial charge on any atom is -0.350 e. The Morgan fingerprint density at radius 1 is 1.07 bits per heavy atom. The van der Waals surface area contributed by atoms with Crippen molar-refractivity contribution >= 4 is 29.0 Å². The maximum Gasteiger partial charge on any atom is 0.417 e. The minimum absolute atomic E-state index is 0.101. The van der Waals surface area contributed by atoms with Gasteiger partial charge in [-0.3, -0.25) is 10.4 Å². The number of rotatable bonds is 4. The summed E-state index contributed by atoms with van der Waals surface area (Å²) < 4.78 is 39.3. The zero-order chi connectivity index (χ0) is 20.3. The number of primary amides is 1. The Hall–Kier alpha value is -3.26. The van der Waals surface area contributed by atoms with Crippen molar-refractivity contribution in [2.75, 3.05) is 10.4 Å². The second-order valence-electron chi connectivity index (χ2n) is 5.77. The monoisotopic (exact) mass is 406 g/mol. The molecule has 0 spiro atoms. The van der Waals surface area contributed by atoms with Crippen LogP contribution in [-0.4, -0.2) is 11.0 Å². The van der Waals surface area contributed by atoms with Gasteiger partial charge < -0.3 is 5.73 Å². The fraction of sp³-hybridized carbons (Fsp3) is 0.0526. The first-order valence-corrected chi connectivity index (χ1v) is 8.37. The van der Waals surface area contributed by atoms with Crippen LogP contribution in [0.25, 0.3) is 11.1 Å². The fourth-order valence-corrected chi connectivity index (χ4v) is 2.77. The lowest BCUT2D eigenvalue weighted by Gasteiger charge is -2.24. The Bertz CT molecular complexity index is 996. The van der Waals surface area contributed by atoms with Gasteiger partial charge in [-0.05, 0) is 42.0 Å². The van der Waals surface area contributed by atoms with Crippen molar-refractivity contribution in [1.29, 1.82) is 0 Å². The van der Waals surface area contributed by atoms with Gasteiger partial charge in [0.2, 0.25) is 0 Å². The maximum atomic E-state index is 13.1. The van der Waals surface area contributed by atoms with E-state index in [-0.39, 0.29) is 5.69 Å². The number of hydrazine groups is 1. The Morgan fingerprint density at radius 2 is 1.82 bits per heavy atom. The lowest BCUT2D eigenvalue weighted by atomic mass is 10.1. The molecule has 0 aliphatic carbocycles. The maximum absolute atomic E-state index is 13.1. The van der Waals surface area contributed by atoms with Gasteiger partial charge in [0.15, 0.2) is 0 Å². The van der Waals surface area contributed by atoms with E-state index < -0.39 is 22.8 Å². The number of hydrogen-bond donors (Lipinski definition) is 2. The van der Waals surface area contributed by atoms with Crippen LogP contribution in [0.1, 0.15) is 5.56 Å². The van der Waals surface area contributed by atoms with E-state index in [9.17, 15) is 18.0 Å². The van der Waals surface area contributed by atoms with Crippen molar-refractivity contribution in [1.82, 2.24) is 4.98 Å². The number of urea groups is 1. The van der Waals surface area contributed by atoms with Crippen molar-refractivity contribution in [2.24, 2.45) is 5.73 Å². The molecule has 2 amide bonds. The highest BCUT2D eigenvalue weighted by Crippen LogP contribution is 2.37. The molecular weight excluding hydrogens is 393 g/mol. The molecule has 0 bridgehead atoms. The minimum atomic E-state index is -4.67. The summed E-state index contributed by atoms with van der Waals surface area (Å²) in [4.78, 5) is 15.9. The van der Waals surface area contributed by atoms with Crippen molar-refractivity contribution < 1.29 is 18.0 Å². The van der Waals surface area contributed by atoms with Crippen LogP contribution in [0.5, 0.6) is 0 Å². The summed E-state index contributed by atoms with van der Waals surface area (Å²) in [5.74, 6) is 0. The Labute approximate surface area is 163 Å². The van der Waals surface area contributed by atoms with Gasteiger partial charge in [0.05, 0.1) is 22.0 Å². The summed E-state index contributed by atoms with van der Waals surface area (Å²) in [6.45, 7) is 0. The average molecular weight is 407 g/mol. The second-order valence-corrected chi connectivity index (χ2v) is 6.18. The van der Waals surface area contributed by atoms with E-state index in [0.29, 0.717) is 5.69 Å². The van der Waals surface area contributed by atoms with Crippen molar-refractivity contribution in [3.63, 3.8) is 0 Å². The number of amides is 2. The van der Waals surface area contributed by atoms with E-state index >= 15 is 0 Å². The predicted octanol–water partition coefficient (Wildman–Crippen LogP) is 5.33. The summed E-state index contributed by atoms with van der Waals surface area (Å²) in [7, 11) is 0. The van der Waals surface area contributed by atoms with E-state index in [1.54, 1.807) is 36.7 Å². The predicted molar refractivity (Wildman–Crippen MR) is 102 cm³/mol. The molecule has 0 radical (unpaired) electrons. The normalized spacial score (nSPS) is 11.1. The molecule has 1 heterocycles. The molecule has 0 atom stereocenters. The zero-order valence-corrected chi connectivity index (χ0v) is 15.0. The van der Waals surface area contributed by atoms with Crippen LogP contribution in [-0.2, 0) is 6.18 Å². The van der Waals surface area contributed by atoms with Crippen molar-refractivity contribution in [2.45, 2.75) is 6.18 Å². The summed E-state index contributed by atoms with van der Waals surface area (Å²) >= 11 is 5.63. The standard InChI is InChI=1S/C19H14ClF3N4O/c20-17-7-6-15(10-16(17)19(21,22)23)27(18(24)28)26-14-5-1-3-12(9-14)13-4-2-8-25-11-13/h1-11,26H,(H2,24,28). The molecule has 0 saturated heterocycles. The van der Waals surface area contributed by atoms with E-state index in [0.717, 1.165) is 28.3 Å². The Morgan fingerprint density at radius 3 is 2.46 bits per heavy atom. The van der Waals surface area contributed by atoms with Crippen LogP contribution in [0, 0.1) is 0 Å². The van der Waals surface area contributed by atoms with Gasteiger partial charge >= 0.3 is 12.2 Å². The molecule has 2 aromatic carbocycles. The molecule has 0 aliphatic heterocycles. The quantitative estimate of drug-likeness (QED) is 0.575. The molecule has 0 aliphatic rings. The molecule has 3 aromatic rings. The summed E-state index contributed by atoms with van der Waals surface area (Å²) in [6.07, 6.45) is -1.37. The van der Waals surface area contributed by atoms with Crippen LogP contribution in [0.4, 0.5) is 29.3 Å². The number of carbonyl (C=O) groups excluding carboxylic acids is 1. The number of halogens is 4. The number of alkyl halides is 3. The highest BCUT2D eigenvalue weighted by atomic mass is 35.5. The van der Waals surface area contributed by atoms with Gasteiger partial charge in [-0.15, -0.1) is 0 Å². The number of carbonyl (C=O) groups is 1. The molecule has 0 unspecified atom stereocenters. The van der Waals surface area contributed by atoms with E-state index in [2.05, 4.69) is 10.4 Å².